The van der Waals surface area contributed by atoms with E-state index in [0.717, 1.165) is 36.5 Å². The molecule has 1 aromatic carbocycles. The number of hydrogen-bond acceptors (Lipinski definition) is 3. The lowest BCUT2D eigenvalue weighted by Crippen LogP contribution is -2.47. The Labute approximate surface area is 142 Å². The molecule has 24 heavy (non-hydrogen) atoms. The normalized spacial score (nSPS) is 19.1. The van der Waals surface area contributed by atoms with Crippen molar-refractivity contribution in [3.05, 3.63) is 48.2 Å². The molecule has 2 atom stereocenters. The zero-order chi connectivity index (χ0) is 16.9. The molecule has 1 aliphatic rings. The molecule has 0 spiro atoms. The molecule has 5 nitrogen and oxygen atoms in total. The van der Waals surface area contributed by atoms with Gasteiger partial charge >= 0.3 is 6.03 Å². The highest BCUT2D eigenvalue weighted by atomic mass is 16.3. The molecule has 5 heteroatoms. The molecule has 0 bridgehead atoms. The van der Waals surface area contributed by atoms with Crippen LogP contribution in [-0.2, 0) is 6.54 Å². The molecular formula is C19H24N2O3. The van der Waals surface area contributed by atoms with Gasteiger partial charge in [0.1, 0.15) is 11.5 Å². The van der Waals surface area contributed by atoms with Crippen molar-refractivity contribution < 1.29 is 14.3 Å². The van der Waals surface area contributed by atoms with Gasteiger partial charge in [0.2, 0.25) is 0 Å². The maximum absolute atomic E-state index is 12.3. The molecule has 2 N–H and O–H groups in total. The van der Waals surface area contributed by atoms with Gasteiger partial charge in [0.05, 0.1) is 12.6 Å². The monoisotopic (exact) mass is 328 g/mol. The lowest BCUT2D eigenvalue weighted by molar-refractivity contribution is 0.0737. The second-order valence-corrected chi connectivity index (χ2v) is 6.38. The molecule has 0 radical (unpaired) electrons. The van der Waals surface area contributed by atoms with Crippen LogP contribution in [0.15, 0.2) is 46.9 Å². The zero-order valence-corrected chi connectivity index (χ0v) is 13.9. The molecular weight excluding hydrogens is 304 g/mol. The fraction of sp³-hybridized carbons (Fsp3) is 0.421. The second kappa shape index (κ2) is 7.53. The number of nitrogens with one attached hydrogen (secondary N) is 1. The number of likely N-dealkylation sites (tertiary alicyclic amines) is 1. The number of rotatable bonds is 4. The van der Waals surface area contributed by atoms with Crippen LogP contribution in [0.25, 0.3) is 11.3 Å². The van der Waals surface area contributed by atoms with Gasteiger partial charge in [0.15, 0.2) is 0 Å². The minimum Gasteiger partial charge on any atom is -0.459 e. The maximum atomic E-state index is 12.3. The van der Waals surface area contributed by atoms with E-state index in [0.29, 0.717) is 13.1 Å². The number of hydrogen-bond donors (Lipinski definition) is 2. The van der Waals surface area contributed by atoms with Crippen molar-refractivity contribution in [1.29, 1.82) is 0 Å². The lowest BCUT2D eigenvalue weighted by Gasteiger charge is -2.34. The fourth-order valence-corrected chi connectivity index (χ4v) is 3.09. The first-order chi connectivity index (χ1) is 11.6. The summed E-state index contributed by atoms with van der Waals surface area (Å²) in [6, 6.07) is 13.6. The quantitative estimate of drug-likeness (QED) is 0.905. The van der Waals surface area contributed by atoms with Gasteiger partial charge in [-0.05, 0) is 31.9 Å². The largest absolute Gasteiger partial charge is 0.459 e. The van der Waals surface area contributed by atoms with E-state index in [1.807, 2.05) is 42.5 Å². The SMILES string of the molecule is C[C@H](O)[C@@H]1CCCN(C(=O)NCc2ccc(-c3ccccc3)o2)C1. The summed E-state index contributed by atoms with van der Waals surface area (Å²) in [5.74, 6) is 1.69. The topological polar surface area (TPSA) is 65.7 Å². The van der Waals surface area contributed by atoms with Crippen LogP contribution in [0, 0.1) is 5.92 Å². The number of aliphatic hydroxyl groups excluding tert-OH is 1. The third kappa shape index (κ3) is 3.97. The molecule has 1 saturated heterocycles. The van der Waals surface area contributed by atoms with Crippen LogP contribution in [0.3, 0.4) is 0 Å². The average Bonchev–Trinajstić information content (AvgIpc) is 3.09. The number of nitrogens with zero attached hydrogens (tertiary/aromatic N) is 1. The maximum Gasteiger partial charge on any atom is 0.317 e. The van der Waals surface area contributed by atoms with Crippen LogP contribution in [0.2, 0.25) is 0 Å². The highest BCUT2D eigenvalue weighted by Crippen LogP contribution is 2.22. The number of urea groups is 1. The van der Waals surface area contributed by atoms with Gasteiger partial charge in [-0.15, -0.1) is 0 Å². The molecule has 2 amide bonds. The van der Waals surface area contributed by atoms with Crippen molar-refractivity contribution in [3.63, 3.8) is 0 Å². The Kier molecular flexibility index (Phi) is 5.20. The van der Waals surface area contributed by atoms with Crippen LogP contribution in [0.5, 0.6) is 0 Å². The van der Waals surface area contributed by atoms with E-state index in [4.69, 9.17) is 4.42 Å². The Balaban J connectivity index is 1.54. The van der Waals surface area contributed by atoms with E-state index in [2.05, 4.69) is 5.32 Å². The van der Waals surface area contributed by atoms with Crippen molar-refractivity contribution in [2.24, 2.45) is 5.92 Å². The minimum atomic E-state index is -0.376. The van der Waals surface area contributed by atoms with E-state index in [1.165, 1.54) is 0 Å². The van der Waals surface area contributed by atoms with Crippen LogP contribution < -0.4 is 5.32 Å². The summed E-state index contributed by atoms with van der Waals surface area (Å²) in [5, 5.41) is 12.6. The highest BCUT2D eigenvalue weighted by Gasteiger charge is 2.26. The van der Waals surface area contributed by atoms with Crippen molar-refractivity contribution in [1.82, 2.24) is 10.2 Å². The molecule has 1 aliphatic heterocycles. The highest BCUT2D eigenvalue weighted by molar-refractivity contribution is 5.74. The average molecular weight is 328 g/mol. The summed E-state index contributed by atoms with van der Waals surface area (Å²) in [5.41, 5.74) is 1.02. The van der Waals surface area contributed by atoms with Crippen LogP contribution in [0.4, 0.5) is 4.79 Å². The van der Waals surface area contributed by atoms with Crippen molar-refractivity contribution in [3.8, 4) is 11.3 Å². The number of amides is 2. The van der Waals surface area contributed by atoms with Gasteiger partial charge in [-0.1, -0.05) is 30.3 Å². The standard InChI is InChI=1S/C19H24N2O3/c1-14(22)16-8-5-11-21(13-16)19(23)20-12-17-9-10-18(24-17)15-6-3-2-4-7-15/h2-4,6-7,9-10,14,16,22H,5,8,11-13H2,1H3,(H,20,23)/t14-,16+/m0/s1. The summed E-state index contributed by atoms with van der Waals surface area (Å²) in [6.07, 6.45) is 1.53. The van der Waals surface area contributed by atoms with Gasteiger partial charge in [0, 0.05) is 24.6 Å². The molecule has 1 aromatic heterocycles. The lowest BCUT2D eigenvalue weighted by atomic mass is 9.94. The molecule has 2 aromatic rings. The van der Waals surface area contributed by atoms with E-state index in [9.17, 15) is 9.90 Å². The molecule has 2 heterocycles. The summed E-state index contributed by atoms with van der Waals surface area (Å²) < 4.78 is 5.79. The summed E-state index contributed by atoms with van der Waals surface area (Å²) in [7, 11) is 0. The first kappa shape index (κ1) is 16.6. The molecule has 0 unspecified atom stereocenters. The number of benzene rings is 1. The van der Waals surface area contributed by atoms with Crippen molar-refractivity contribution >= 4 is 6.03 Å². The molecule has 128 valence electrons. The minimum absolute atomic E-state index is 0.0991. The van der Waals surface area contributed by atoms with E-state index < -0.39 is 0 Å². The predicted molar refractivity (Wildman–Crippen MR) is 92.4 cm³/mol. The van der Waals surface area contributed by atoms with Crippen molar-refractivity contribution in [2.75, 3.05) is 13.1 Å². The predicted octanol–water partition coefficient (Wildman–Crippen LogP) is 3.25. The first-order valence-electron chi connectivity index (χ1n) is 8.48. The van der Waals surface area contributed by atoms with Gasteiger partial charge in [0.25, 0.3) is 0 Å². The third-order valence-electron chi connectivity index (χ3n) is 4.56. The summed E-state index contributed by atoms with van der Waals surface area (Å²) in [4.78, 5) is 14.1. The van der Waals surface area contributed by atoms with Crippen molar-refractivity contribution in [2.45, 2.75) is 32.4 Å². The molecule has 1 fully saturated rings. The van der Waals surface area contributed by atoms with Crippen LogP contribution in [0.1, 0.15) is 25.5 Å². The van der Waals surface area contributed by atoms with E-state index in [-0.39, 0.29) is 18.1 Å². The van der Waals surface area contributed by atoms with Crippen LogP contribution in [-0.4, -0.2) is 35.2 Å². The Morgan fingerprint density at radius 3 is 2.88 bits per heavy atom. The molecule has 0 saturated carbocycles. The zero-order valence-electron chi connectivity index (χ0n) is 13.9. The number of carbonyl (C=O) groups excluding carboxylic acids is 1. The number of piperidine rings is 1. The number of furan rings is 1. The van der Waals surface area contributed by atoms with Gasteiger partial charge in [-0.3, -0.25) is 0 Å². The summed E-state index contributed by atoms with van der Waals surface area (Å²) in [6.45, 7) is 3.50. The Bertz CT molecular complexity index is 666. The Hall–Kier alpha value is -2.27. The summed E-state index contributed by atoms with van der Waals surface area (Å²) >= 11 is 0. The van der Waals surface area contributed by atoms with Gasteiger partial charge in [-0.2, -0.15) is 0 Å². The molecule has 0 aliphatic carbocycles. The van der Waals surface area contributed by atoms with Gasteiger partial charge in [-0.25, -0.2) is 4.79 Å². The second-order valence-electron chi connectivity index (χ2n) is 6.38. The Morgan fingerprint density at radius 2 is 2.12 bits per heavy atom. The first-order valence-corrected chi connectivity index (χ1v) is 8.48. The number of aliphatic hydroxyl groups is 1. The third-order valence-corrected chi connectivity index (χ3v) is 4.56. The van der Waals surface area contributed by atoms with E-state index in [1.54, 1.807) is 11.8 Å². The fourth-order valence-electron chi connectivity index (χ4n) is 3.09. The van der Waals surface area contributed by atoms with E-state index >= 15 is 0 Å². The van der Waals surface area contributed by atoms with Gasteiger partial charge < -0.3 is 19.7 Å². The number of carbonyl (C=O) groups is 1. The smallest absolute Gasteiger partial charge is 0.317 e. The molecule has 3 rings (SSSR count). The van der Waals surface area contributed by atoms with Crippen LogP contribution >= 0.6 is 0 Å². The Morgan fingerprint density at radius 1 is 1.33 bits per heavy atom.